The zero-order chi connectivity index (χ0) is 62.6. The van der Waals surface area contributed by atoms with Crippen molar-refractivity contribution < 1.29 is 42.1 Å². The average molecular weight is 1230 g/mol. The average Bonchev–Trinajstić information content (AvgIpc) is 3.53. The first-order valence-corrected chi connectivity index (χ1v) is 39.2. The van der Waals surface area contributed by atoms with E-state index >= 15 is 0 Å². The zero-order valence-corrected chi connectivity index (χ0v) is 59.0. The topological polar surface area (TPSA) is 108 Å². The zero-order valence-electron chi connectivity index (χ0n) is 58.1. The minimum Gasteiger partial charge on any atom is -0.462 e. The number of rotatable bonds is 71. The van der Waals surface area contributed by atoms with Crippen molar-refractivity contribution >= 4 is 19.8 Å². The van der Waals surface area contributed by atoms with Gasteiger partial charge in [-0.15, -0.1) is 0 Å². The number of carbonyl (C=O) groups is 2. The second-order valence-corrected chi connectivity index (χ2v) is 28.5. The molecule has 0 aliphatic rings. The van der Waals surface area contributed by atoms with Gasteiger partial charge in [-0.25, -0.2) is 4.57 Å². The molecule has 0 saturated heterocycles. The Morgan fingerprint density at radius 2 is 0.628 bits per heavy atom. The SMILES string of the molecule is CCCCCCC/C=C\C/C=C\C/C=C\CCCCCCCCCCCCCCC(=O)OC(COC(=O)CCCCCCCCCCCCCCCCCCCCCCCCCCCCCCCCCCCCC)COP(=O)(O)OCC[N+](C)(C)C. The number of phosphoric ester groups is 1. The maximum absolute atomic E-state index is 12.9. The molecule has 0 spiro atoms. The largest absolute Gasteiger partial charge is 0.472 e. The first kappa shape index (κ1) is 84.2. The summed E-state index contributed by atoms with van der Waals surface area (Å²) >= 11 is 0. The van der Waals surface area contributed by atoms with Gasteiger partial charge in [0, 0.05) is 12.8 Å². The molecule has 0 aromatic carbocycles. The summed E-state index contributed by atoms with van der Waals surface area (Å²) in [5, 5.41) is 0. The number of unbranched alkanes of at least 4 members (excludes halogenated alkanes) is 51. The monoisotopic (exact) mass is 1230 g/mol. The van der Waals surface area contributed by atoms with Gasteiger partial charge in [0.25, 0.3) is 0 Å². The molecule has 0 rings (SSSR count). The van der Waals surface area contributed by atoms with E-state index in [1.165, 1.54) is 308 Å². The van der Waals surface area contributed by atoms with Gasteiger partial charge in [-0.2, -0.15) is 0 Å². The Kier molecular flexibility index (Phi) is 66.2. The summed E-state index contributed by atoms with van der Waals surface area (Å²) in [6.07, 6.45) is 87.1. The number of quaternary nitrogens is 1. The molecule has 2 unspecified atom stereocenters. The maximum atomic E-state index is 12.9. The predicted molar refractivity (Wildman–Crippen MR) is 372 cm³/mol. The number of carbonyl (C=O) groups excluding carboxylic acids is 2. The van der Waals surface area contributed by atoms with E-state index in [1.807, 2.05) is 21.1 Å². The van der Waals surface area contributed by atoms with Crippen LogP contribution in [0.5, 0.6) is 0 Å². The van der Waals surface area contributed by atoms with Crippen molar-refractivity contribution in [2.24, 2.45) is 0 Å². The number of hydrogen-bond acceptors (Lipinski definition) is 7. The molecule has 0 aromatic rings. The third-order valence-electron chi connectivity index (χ3n) is 17.2. The smallest absolute Gasteiger partial charge is 0.462 e. The highest BCUT2D eigenvalue weighted by Crippen LogP contribution is 2.43. The number of nitrogens with zero attached hydrogens (tertiary/aromatic N) is 1. The van der Waals surface area contributed by atoms with Crippen LogP contribution < -0.4 is 0 Å². The van der Waals surface area contributed by atoms with Crippen molar-refractivity contribution in [2.75, 3.05) is 47.5 Å². The van der Waals surface area contributed by atoms with Crippen LogP contribution in [0.4, 0.5) is 0 Å². The van der Waals surface area contributed by atoms with Gasteiger partial charge in [-0.1, -0.05) is 359 Å². The van der Waals surface area contributed by atoms with Gasteiger partial charge in [-0.3, -0.25) is 18.6 Å². The van der Waals surface area contributed by atoms with Crippen LogP contribution in [0.3, 0.4) is 0 Å². The molecule has 1 N–H and O–H groups in total. The Morgan fingerprint density at radius 1 is 0.360 bits per heavy atom. The molecule has 508 valence electrons. The van der Waals surface area contributed by atoms with Crippen molar-refractivity contribution in [1.29, 1.82) is 0 Å². The minimum absolute atomic E-state index is 0.0334. The van der Waals surface area contributed by atoms with E-state index in [0.29, 0.717) is 23.9 Å². The van der Waals surface area contributed by atoms with Crippen LogP contribution >= 0.6 is 7.82 Å². The summed E-state index contributed by atoms with van der Waals surface area (Å²) in [7, 11) is 1.49. The van der Waals surface area contributed by atoms with Crippen molar-refractivity contribution in [3.63, 3.8) is 0 Å². The number of esters is 2. The molecule has 86 heavy (non-hydrogen) atoms. The fourth-order valence-corrected chi connectivity index (χ4v) is 12.1. The molecule has 10 heteroatoms. The van der Waals surface area contributed by atoms with Crippen LogP contribution in [-0.2, 0) is 32.7 Å². The van der Waals surface area contributed by atoms with Crippen LogP contribution in [0.1, 0.15) is 386 Å². The summed E-state index contributed by atoms with van der Waals surface area (Å²) < 4.78 is 34.8. The lowest BCUT2D eigenvalue weighted by molar-refractivity contribution is -0.870. The summed E-state index contributed by atoms with van der Waals surface area (Å²) in [4.78, 5) is 35.9. The molecule has 0 radical (unpaired) electrons. The standard InChI is InChI=1S/C76H146NO8P/c1-6-8-10-12-14-16-18-20-22-24-26-28-30-32-34-35-36-37-38-39-40-41-43-44-46-48-50-52-54-56-58-60-62-64-66-68-75(78)82-72-74(73-84-86(80,81)83-71-70-77(3,4)5)85-76(79)69-67-65-63-61-59-57-55-53-51-49-47-45-42-33-31-29-27-25-23-21-19-17-15-13-11-9-7-2/h19,21,25,27,31,33,74H,6-18,20,22-24,26,28-30,32,34-73H2,1-5H3/p+1/b21-19-,27-25-,33-31-. The minimum atomic E-state index is -4.39. The lowest BCUT2D eigenvalue weighted by Crippen LogP contribution is -2.37. The van der Waals surface area contributed by atoms with E-state index in [4.69, 9.17) is 18.5 Å². The molecule has 0 aromatic heterocycles. The van der Waals surface area contributed by atoms with E-state index in [1.54, 1.807) is 0 Å². The van der Waals surface area contributed by atoms with E-state index in [2.05, 4.69) is 50.3 Å². The molecule has 0 aliphatic carbocycles. The second kappa shape index (κ2) is 67.6. The molecular formula is C76H147NO8P+. The van der Waals surface area contributed by atoms with Crippen molar-refractivity contribution in [3.8, 4) is 0 Å². The Morgan fingerprint density at radius 3 is 0.930 bits per heavy atom. The van der Waals surface area contributed by atoms with Gasteiger partial charge in [0.2, 0.25) is 0 Å². The van der Waals surface area contributed by atoms with E-state index in [-0.39, 0.29) is 25.6 Å². The van der Waals surface area contributed by atoms with Gasteiger partial charge >= 0.3 is 19.8 Å². The summed E-state index contributed by atoms with van der Waals surface area (Å²) in [6.45, 7) is 4.49. The van der Waals surface area contributed by atoms with Crippen LogP contribution in [0.2, 0.25) is 0 Å². The highest BCUT2D eigenvalue weighted by molar-refractivity contribution is 7.47. The van der Waals surface area contributed by atoms with E-state index in [9.17, 15) is 19.0 Å². The quantitative estimate of drug-likeness (QED) is 0.0211. The molecular weight excluding hydrogens is 1090 g/mol. The van der Waals surface area contributed by atoms with Crippen molar-refractivity contribution in [2.45, 2.75) is 392 Å². The number of ether oxygens (including phenoxy) is 2. The maximum Gasteiger partial charge on any atom is 0.472 e. The molecule has 9 nitrogen and oxygen atoms in total. The summed E-state index contributed by atoms with van der Waals surface area (Å²) in [5.74, 6) is -0.779. The predicted octanol–water partition coefficient (Wildman–Crippen LogP) is 24.6. The second-order valence-electron chi connectivity index (χ2n) is 27.0. The summed E-state index contributed by atoms with van der Waals surface area (Å²) in [5.41, 5.74) is 0. The van der Waals surface area contributed by atoms with Crippen LogP contribution in [0.15, 0.2) is 36.5 Å². The summed E-state index contributed by atoms with van der Waals surface area (Å²) in [6, 6.07) is 0. The first-order valence-electron chi connectivity index (χ1n) is 37.7. The molecule has 0 heterocycles. The third kappa shape index (κ3) is 71.3. The Balaban J connectivity index is 3.94. The number of allylic oxidation sites excluding steroid dienone is 6. The molecule has 2 atom stereocenters. The molecule has 0 bridgehead atoms. The Labute approximate surface area is 535 Å². The van der Waals surface area contributed by atoms with Gasteiger partial charge in [0.05, 0.1) is 27.7 Å². The van der Waals surface area contributed by atoms with E-state index < -0.39 is 26.5 Å². The lowest BCUT2D eigenvalue weighted by Gasteiger charge is -2.24. The number of likely N-dealkylation sites (N-methyl/N-ethyl adjacent to an activating group) is 1. The van der Waals surface area contributed by atoms with Gasteiger partial charge < -0.3 is 18.9 Å². The lowest BCUT2D eigenvalue weighted by atomic mass is 10.0. The molecule has 0 saturated carbocycles. The number of hydrogen-bond donors (Lipinski definition) is 1. The molecule has 0 aliphatic heterocycles. The van der Waals surface area contributed by atoms with E-state index in [0.717, 1.165) is 44.9 Å². The van der Waals surface area contributed by atoms with Crippen LogP contribution in [0, 0.1) is 0 Å². The highest BCUT2D eigenvalue weighted by atomic mass is 31.2. The van der Waals surface area contributed by atoms with Crippen LogP contribution in [-0.4, -0.2) is 74.9 Å². The highest BCUT2D eigenvalue weighted by Gasteiger charge is 2.27. The molecule has 0 fully saturated rings. The van der Waals surface area contributed by atoms with Crippen molar-refractivity contribution in [1.82, 2.24) is 0 Å². The number of phosphoric acid groups is 1. The fourth-order valence-electron chi connectivity index (χ4n) is 11.4. The van der Waals surface area contributed by atoms with Crippen molar-refractivity contribution in [3.05, 3.63) is 36.5 Å². The van der Waals surface area contributed by atoms with Gasteiger partial charge in [-0.05, 0) is 51.4 Å². The first-order chi connectivity index (χ1) is 42.0. The van der Waals surface area contributed by atoms with Gasteiger partial charge in [0.1, 0.15) is 19.8 Å². The Bertz CT molecular complexity index is 1540. The fraction of sp³-hybridized carbons (Fsp3) is 0.895. The Hall–Kier alpha value is -1.77. The normalized spacial score (nSPS) is 13.2. The third-order valence-corrected chi connectivity index (χ3v) is 18.2. The van der Waals surface area contributed by atoms with Gasteiger partial charge in [0.15, 0.2) is 6.10 Å². The molecule has 0 amide bonds. The van der Waals surface area contributed by atoms with Crippen LogP contribution in [0.25, 0.3) is 0 Å².